The number of methoxy groups -OCH3 is 1. The number of benzene rings is 2. The Hall–Kier alpha value is -2.71. The summed E-state index contributed by atoms with van der Waals surface area (Å²) in [5.74, 6) is 1.27. The van der Waals surface area contributed by atoms with Gasteiger partial charge in [-0.3, -0.25) is 4.79 Å². The predicted octanol–water partition coefficient (Wildman–Crippen LogP) is 5.07. The molecule has 7 nitrogen and oxygen atoms in total. The Balaban J connectivity index is 1.30. The van der Waals surface area contributed by atoms with Gasteiger partial charge in [0.05, 0.1) is 31.0 Å². The van der Waals surface area contributed by atoms with E-state index in [4.69, 9.17) is 9.47 Å². The minimum Gasteiger partial charge on any atom is -0.493 e. The lowest BCUT2D eigenvalue weighted by Crippen LogP contribution is -2.44. The molecule has 0 aromatic heterocycles. The summed E-state index contributed by atoms with van der Waals surface area (Å²) in [5, 5.41) is 4.52. The molecule has 3 aliphatic rings. The summed E-state index contributed by atoms with van der Waals surface area (Å²) < 4.78 is 11.6. The van der Waals surface area contributed by atoms with Gasteiger partial charge < -0.3 is 29.5 Å². The van der Waals surface area contributed by atoms with E-state index in [1.165, 1.54) is 16.8 Å². The van der Waals surface area contributed by atoms with Crippen molar-refractivity contribution in [2.45, 2.75) is 31.7 Å². The Labute approximate surface area is 228 Å². The first-order chi connectivity index (χ1) is 18.1. The van der Waals surface area contributed by atoms with Crippen LogP contribution in [0.15, 0.2) is 42.6 Å². The normalized spacial score (nSPS) is 19.6. The first-order valence-corrected chi connectivity index (χ1v) is 14.4. The van der Waals surface area contributed by atoms with Crippen LogP contribution < -0.4 is 19.7 Å². The molecule has 2 aromatic carbocycles. The van der Waals surface area contributed by atoms with Gasteiger partial charge in [0.2, 0.25) is 0 Å². The largest absolute Gasteiger partial charge is 0.493 e. The van der Waals surface area contributed by atoms with Gasteiger partial charge in [0, 0.05) is 56.0 Å². The third kappa shape index (κ3) is 5.75. The van der Waals surface area contributed by atoms with Crippen molar-refractivity contribution in [3.63, 3.8) is 0 Å². The molecule has 0 radical (unpaired) electrons. The molecule has 1 amide bonds. The number of rotatable bonds is 9. The summed E-state index contributed by atoms with van der Waals surface area (Å²) in [6, 6.07) is 12.6. The zero-order valence-electron chi connectivity index (χ0n) is 21.8. The summed E-state index contributed by atoms with van der Waals surface area (Å²) in [6.45, 7) is 5.62. The van der Waals surface area contributed by atoms with Crippen LogP contribution in [0.3, 0.4) is 0 Å². The first kappa shape index (κ1) is 25.9. The number of likely N-dealkylation sites (N-methyl/N-ethyl adjacent to an activating group) is 1. The predicted molar refractivity (Wildman–Crippen MR) is 153 cm³/mol. The van der Waals surface area contributed by atoms with Crippen LogP contribution in [0.1, 0.15) is 41.6 Å². The van der Waals surface area contributed by atoms with Crippen LogP contribution in [-0.2, 0) is 0 Å². The number of halogens is 1. The zero-order valence-corrected chi connectivity index (χ0v) is 23.4. The molecule has 198 valence electrons. The molecule has 1 saturated heterocycles. The second-order valence-electron chi connectivity index (χ2n) is 10.1. The minimum absolute atomic E-state index is 0.00349. The second-order valence-corrected chi connectivity index (χ2v) is 10.9. The smallest absolute Gasteiger partial charge is 0.260 e. The summed E-state index contributed by atoms with van der Waals surface area (Å²) in [7, 11) is 3.80. The Morgan fingerprint density at radius 1 is 1.03 bits per heavy atom. The molecule has 0 bridgehead atoms. The number of amides is 1. The van der Waals surface area contributed by atoms with Crippen LogP contribution in [0.5, 0.6) is 11.5 Å². The Kier molecular flexibility index (Phi) is 8.25. The molecule has 1 fully saturated rings. The van der Waals surface area contributed by atoms with E-state index in [1.807, 2.05) is 23.2 Å². The van der Waals surface area contributed by atoms with E-state index in [0.717, 1.165) is 62.9 Å². The first-order valence-electron chi connectivity index (χ1n) is 13.3. The standard InChI is InChI=1S/C29H37BrN4O3/c1-32-11-13-33(14-12-32)23-8-6-21(7-9-23)22-16-24-19-31-26-18-28(37-15-5-3-4-10-30)27(36-2)17-25(26)29(35)34(24)20-22/h6-9,17-18,20,24,31H,3-5,10-16,19H2,1-2H3/t24-/m0/s1. The van der Waals surface area contributed by atoms with E-state index in [0.29, 0.717) is 30.2 Å². The van der Waals surface area contributed by atoms with Crippen molar-refractivity contribution in [1.82, 2.24) is 9.80 Å². The Morgan fingerprint density at radius 3 is 2.54 bits per heavy atom. The number of nitrogens with one attached hydrogen (secondary N) is 1. The number of hydrogen-bond acceptors (Lipinski definition) is 6. The topological polar surface area (TPSA) is 57.3 Å². The highest BCUT2D eigenvalue weighted by Gasteiger charge is 2.35. The van der Waals surface area contributed by atoms with E-state index in [2.05, 4.69) is 62.4 Å². The quantitative estimate of drug-likeness (QED) is 0.336. The average molecular weight is 570 g/mol. The number of alkyl halides is 1. The highest BCUT2D eigenvalue weighted by Crippen LogP contribution is 2.39. The fraction of sp³-hybridized carbons (Fsp3) is 0.483. The van der Waals surface area contributed by atoms with Gasteiger partial charge in [-0.05, 0) is 62.1 Å². The van der Waals surface area contributed by atoms with Crippen molar-refractivity contribution in [2.75, 3.05) is 69.0 Å². The highest BCUT2D eigenvalue weighted by molar-refractivity contribution is 9.09. The summed E-state index contributed by atoms with van der Waals surface area (Å²) >= 11 is 3.47. The molecule has 1 atom stereocenters. The maximum Gasteiger partial charge on any atom is 0.260 e. The van der Waals surface area contributed by atoms with Crippen molar-refractivity contribution in [3.05, 3.63) is 53.7 Å². The maximum absolute atomic E-state index is 13.6. The van der Waals surface area contributed by atoms with E-state index in [1.54, 1.807) is 7.11 Å². The second kappa shape index (κ2) is 11.8. The van der Waals surface area contributed by atoms with Crippen LogP contribution in [0.2, 0.25) is 0 Å². The lowest BCUT2D eigenvalue weighted by Gasteiger charge is -2.34. The molecular formula is C29H37BrN4O3. The highest BCUT2D eigenvalue weighted by atomic mass is 79.9. The summed E-state index contributed by atoms with van der Waals surface area (Å²) in [4.78, 5) is 20.3. The van der Waals surface area contributed by atoms with Crippen molar-refractivity contribution < 1.29 is 14.3 Å². The van der Waals surface area contributed by atoms with Crippen LogP contribution in [-0.4, -0.2) is 80.6 Å². The van der Waals surface area contributed by atoms with Gasteiger partial charge in [-0.25, -0.2) is 0 Å². The number of nitrogens with zero attached hydrogens (tertiary/aromatic N) is 3. The third-order valence-corrected chi connectivity index (χ3v) is 8.14. The van der Waals surface area contributed by atoms with Gasteiger partial charge in [0.15, 0.2) is 11.5 Å². The number of hydrogen-bond donors (Lipinski definition) is 1. The number of carbonyl (C=O) groups is 1. The third-order valence-electron chi connectivity index (χ3n) is 7.58. The molecular weight excluding hydrogens is 532 g/mol. The zero-order chi connectivity index (χ0) is 25.8. The number of anilines is 2. The van der Waals surface area contributed by atoms with E-state index >= 15 is 0 Å². The molecule has 3 aliphatic heterocycles. The van der Waals surface area contributed by atoms with Gasteiger partial charge in [0.25, 0.3) is 5.91 Å². The number of unbranched alkanes of at least 4 members (excludes halogenated alkanes) is 2. The minimum atomic E-state index is -0.00349. The molecule has 8 heteroatoms. The molecule has 3 heterocycles. The van der Waals surface area contributed by atoms with Crippen LogP contribution in [0.4, 0.5) is 11.4 Å². The molecule has 2 aromatic rings. The molecule has 37 heavy (non-hydrogen) atoms. The summed E-state index contributed by atoms with van der Waals surface area (Å²) in [5.41, 5.74) is 5.07. The molecule has 0 saturated carbocycles. The average Bonchev–Trinajstić information content (AvgIpc) is 3.31. The molecule has 0 unspecified atom stereocenters. The fourth-order valence-electron chi connectivity index (χ4n) is 5.29. The van der Waals surface area contributed by atoms with Crippen molar-refractivity contribution in [2.24, 2.45) is 0 Å². The van der Waals surface area contributed by atoms with Crippen molar-refractivity contribution in [1.29, 1.82) is 0 Å². The van der Waals surface area contributed by atoms with Gasteiger partial charge in [-0.1, -0.05) is 28.1 Å². The van der Waals surface area contributed by atoms with E-state index < -0.39 is 0 Å². The fourth-order valence-corrected chi connectivity index (χ4v) is 5.69. The van der Waals surface area contributed by atoms with Crippen molar-refractivity contribution >= 4 is 38.8 Å². The van der Waals surface area contributed by atoms with Crippen LogP contribution in [0, 0.1) is 0 Å². The lowest BCUT2D eigenvalue weighted by molar-refractivity contribution is 0.0796. The van der Waals surface area contributed by atoms with Gasteiger partial charge in [0.1, 0.15) is 0 Å². The van der Waals surface area contributed by atoms with Gasteiger partial charge >= 0.3 is 0 Å². The van der Waals surface area contributed by atoms with Crippen LogP contribution >= 0.6 is 15.9 Å². The number of fused-ring (bicyclic) bond motifs is 2. The molecule has 0 aliphatic carbocycles. The SMILES string of the molecule is COc1cc2c(cc1OCCCCCBr)NC[C@@H]1CC(c3ccc(N4CCN(C)CC4)cc3)=CN1C2=O. The van der Waals surface area contributed by atoms with E-state index in [9.17, 15) is 4.79 Å². The molecule has 1 N–H and O–H groups in total. The number of piperazine rings is 1. The van der Waals surface area contributed by atoms with Crippen LogP contribution in [0.25, 0.3) is 5.57 Å². The maximum atomic E-state index is 13.6. The molecule has 0 spiro atoms. The van der Waals surface area contributed by atoms with Gasteiger partial charge in [-0.15, -0.1) is 0 Å². The Bertz CT molecular complexity index is 1130. The lowest BCUT2D eigenvalue weighted by atomic mass is 10.0. The summed E-state index contributed by atoms with van der Waals surface area (Å²) in [6.07, 6.45) is 6.09. The van der Waals surface area contributed by atoms with Crippen molar-refractivity contribution in [3.8, 4) is 11.5 Å². The molecule has 5 rings (SSSR count). The van der Waals surface area contributed by atoms with Gasteiger partial charge in [-0.2, -0.15) is 0 Å². The Morgan fingerprint density at radius 2 is 1.81 bits per heavy atom. The number of ether oxygens (including phenoxy) is 2. The monoisotopic (exact) mass is 568 g/mol. The van der Waals surface area contributed by atoms with E-state index in [-0.39, 0.29) is 11.9 Å². The number of carbonyl (C=O) groups excluding carboxylic acids is 1.